The molecule has 4 aromatic rings. The molecule has 34 heavy (non-hydrogen) atoms. The molecule has 0 amide bonds. The van der Waals surface area contributed by atoms with Gasteiger partial charge in [-0.3, -0.25) is 0 Å². The topological polar surface area (TPSA) is 64.4 Å². The summed E-state index contributed by atoms with van der Waals surface area (Å²) in [6, 6.07) is 24.0. The van der Waals surface area contributed by atoms with Crippen LogP contribution in [0.3, 0.4) is 0 Å². The van der Waals surface area contributed by atoms with Crippen molar-refractivity contribution in [2.75, 3.05) is 7.11 Å². The predicted octanol–water partition coefficient (Wildman–Crippen LogP) is 6.37. The van der Waals surface area contributed by atoms with E-state index in [9.17, 15) is 0 Å². The fourth-order valence-corrected chi connectivity index (χ4v) is 3.63. The number of methoxy groups -OCH3 is 1. The van der Waals surface area contributed by atoms with Crippen molar-refractivity contribution in [2.45, 2.75) is 32.8 Å². The standard InChI is InChI=1S/C27H28N4O2S/c1-27(2,3)22-13-11-21(12-14-22)25-29-30-26(34)31(25)28-17-20-10-15-23(24(16-20)32-4)33-18-19-8-6-5-7-9-19/h5-17H,18H2,1-4H3,(H,30,34)/b28-17-. The van der Waals surface area contributed by atoms with Gasteiger partial charge in [0.25, 0.3) is 0 Å². The Morgan fingerprint density at radius 3 is 2.41 bits per heavy atom. The first kappa shape index (κ1) is 23.4. The third kappa shape index (κ3) is 5.43. The Kier molecular flexibility index (Phi) is 6.93. The van der Waals surface area contributed by atoms with Crippen LogP contribution in [-0.2, 0) is 12.0 Å². The normalized spacial score (nSPS) is 11.6. The molecule has 0 spiro atoms. The number of H-pyrrole nitrogens is 1. The van der Waals surface area contributed by atoms with Crippen molar-refractivity contribution in [2.24, 2.45) is 5.10 Å². The maximum absolute atomic E-state index is 5.94. The maximum Gasteiger partial charge on any atom is 0.216 e. The molecule has 1 N–H and O–H groups in total. The first-order valence-corrected chi connectivity index (χ1v) is 11.4. The van der Waals surface area contributed by atoms with E-state index in [-0.39, 0.29) is 5.41 Å². The number of hydrogen-bond acceptors (Lipinski definition) is 5. The molecule has 7 heteroatoms. The van der Waals surface area contributed by atoms with Crippen molar-refractivity contribution in [1.82, 2.24) is 14.9 Å². The van der Waals surface area contributed by atoms with E-state index in [0.29, 0.717) is 28.7 Å². The molecule has 0 aliphatic heterocycles. The van der Waals surface area contributed by atoms with E-state index in [0.717, 1.165) is 16.7 Å². The number of aromatic nitrogens is 3. The molecule has 0 fully saturated rings. The Bertz CT molecular complexity index is 1330. The van der Waals surface area contributed by atoms with E-state index >= 15 is 0 Å². The second-order valence-corrected chi connectivity index (χ2v) is 9.31. The maximum atomic E-state index is 5.94. The number of nitrogens with zero attached hydrogens (tertiary/aromatic N) is 3. The van der Waals surface area contributed by atoms with Crippen LogP contribution in [-0.4, -0.2) is 28.2 Å². The molecule has 6 nitrogen and oxygen atoms in total. The lowest BCUT2D eigenvalue weighted by molar-refractivity contribution is 0.284. The van der Waals surface area contributed by atoms with Gasteiger partial charge in [0, 0.05) is 5.56 Å². The number of hydrogen-bond donors (Lipinski definition) is 1. The monoisotopic (exact) mass is 472 g/mol. The number of rotatable bonds is 7. The van der Waals surface area contributed by atoms with Gasteiger partial charge in [-0.1, -0.05) is 75.4 Å². The summed E-state index contributed by atoms with van der Waals surface area (Å²) in [6.45, 7) is 7.03. The molecular formula is C27H28N4O2S. The Morgan fingerprint density at radius 1 is 1.00 bits per heavy atom. The van der Waals surface area contributed by atoms with E-state index in [4.69, 9.17) is 21.7 Å². The van der Waals surface area contributed by atoms with Crippen LogP contribution < -0.4 is 9.47 Å². The Hall–Kier alpha value is -3.71. The van der Waals surface area contributed by atoms with Crippen LogP contribution in [0.2, 0.25) is 0 Å². The van der Waals surface area contributed by atoms with Gasteiger partial charge in [0.15, 0.2) is 17.3 Å². The molecule has 3 aromatic carbocycles. The van der Waals surface area contributed by atoms with Crippen LogP contribution >= 0.6 is 12.2 Å². The molecule has 0 atom stereocenters. The molecule has 1 aromatic heterocycles. The largest absolute Gasteiger partial charge is 0.493 e. The second-order valence-electron chi connectivity index (χ2n) is 8.92. The average Bonchev–Trinajstić information content (AvgIpc) is 3.22. The Labute approximate surface area is 204 Å². The van der Waals surface area contributed by atoms with Crippen LogP contribution in [0.5, 0.6) is 11.5 Å². The van der Waals surface area contributed by atoms with Gasteiger partial charge < -0.3 is 9.47 Å². The third-order valence-corrected chi connectivity index (χ3v) is 5.67. The summed E-state index contributed by atoms with van der Waals surface area (Å²) >= 11 is 5.41. The zero-order valence-corrected chi connectivity index (χ0v) is 20.6. The Morgan fingerprint density at radius 2 is 1.74 bits per heavy atom. The van der Waals surface area contributed by atoms with Gasteiger partial charge in [0.05, 0.1) is 13.3 Å². The smallest absolute Gasteiger partial charge is 0.216 e. The average molecular weight is 473 g/mol. The van der Waals surface area contributed by atoms with Gasteiger partial charge in [0.1, 0.15) is 6.61 Å². The number of nitrogens with one attached hydrogen (secondary N) is 1. The van der Waals surface area contributed by atoms with E-state index in [1.54, 1.807) is 18.0 Å². The lowest BCUT2D eigenvalue weighted by Crippen LogP contribution is -2.10. The second kappa shape index (κ2) is 10.1. The first-order valence-electron chi connectivity index (χ1n) is 11.0. The van der Waals surface area contributed by atoms with Crippen LogP contribution in [0.25, 0.3) is 11.4 Å². The van der Waals surface area contributed by atoms with Gasteiger partial charge in [-0.2, -0.15) is 14.9 Å². The predicted molar refractivity (Wildman–Crippen MR) is 138 cm³/mol. The lowest BCUT2D eigenvalue weighted by Gasteiger charge is -2.18. The van der Waals surface area contributed by atoms with Crippen molar-refractivity contribution in [3.63, 3.8) is 0 Å². The fraction of sp³-hybridized carbons (Fsp3) is 0.222. The summed E-state index contributed by atoms with van der Waals surface area (Å²) in [4.78, 5) is 0. The summed E-state index contributed by atoms with van der Waals surface area (Å²) < 4.78 is 13.5. The molecule has 0 saturated carbocycles. The highest BCUT2D eigenvalue weighted by atomic mass is 32.1. The molecule has 0 radical (unpaired) electrons. The van der Waals surface area contributed by atoms with Gasteiger partial charge in [0.2, 0.25) is 4.77 Å². The molecule has 174 valence electrons. The number of ether oxygens (including phenoxy) is 2. The van der Waals surface area contributed by atoms with Crippen LogP contribution in [0.4, 0.5) is 0 Å². The molecule has 0 unspecified atom stereocenters. The lowest BCUT2D eigenvalue weighted by atomic mass is 9.87. The highest BCUT2D eigenvalue weighted by Gasteiger charge is 2.15. The molecule has 0 aliphatic carbocycles. The van der Waals surface area contributed by atoms with Crippen molar-refractivity contribution < 1.29 is 9.47 Å². The van der Waals surface area contributed by atoms with Crippen LogP contribution in [0, 0.1) is 4.77 Å². The molecule has 0 saturated heterocycles. The van der Waals surface area contributed by atoms with Crippen molar-refractivity contribution >= 4 is 18.4 Å². The van der Waals surface area contributed by atoms with Gasteiger partial charge in [-0.15, -0.1) is 0 Å². The summed E-state index contributed by atoms with van der Waals surface area (Å²) in [5.74, 6) is 1.95. The highest BCUT2D eigenvalue weighted by molar-refractivity contribution is 7.71. The first-order chi connectivity index (χ1) is 16.3. The highest BCUT2D eigenvalue weighted by Crippen LogP contribution is 2.29. The van der Waals surface area contributed by atoms with Gasteiger partial charge in [-0.05, 0) is 52.5 Å². The van der Waals surface area contributed by atoms with Crippen molar-refractivity contribution in [1.29, 1.82) is 0 Å². The van der Waals surface area contributed by atoms with Gasteiger partial charge >= 0.3 is 0 Å². The summed E-state index contributed by atoms with van der Waals surface area (Å²) in [5, 5.41) is 11.8. The molecule has 0 bridgehead atoms. The minimum Gasteiger partial charge on any atom is -0.493 e. The summed E-state index contributed by atoms with van der Waals surface area (Å²) in [5.41, 5.74) is 4.20. The van der Waals surface area contributed by atoms with E-state index in [1.165, 1.54) is 5.56 Å². The summed E-state index contributed by atoms with van der Waals surface area (Å²) in [6.07, 6.45) is 1.72. The van der Waals surface area contributed by atoms with E-state index in [2.05, 4.69) is 48.2 Å². The molecule has 4 rings (SSSR count). The van der Waals surface area contributed by atoms with Gasteiger partial charge in [-0.25, -0.2) is 5.10 Å². The third-order valence-electron chi connectivity index (χ3n) is 5.41. The zero-order chi connectivity index (χ0) is 24.1. The molecule has 1 heterocycles. The number of benzene rings is 3. The van der Waals surface area contributed by atoms with E-state index < -0.39 is 0 Å². The quantitative estimate of drug-likeness (QED) is 0.251. The minimum atomic E-state index is 0.0808. The van der Waals surface area contributed by atoms with Crippen LogP contribution in [0.15, 0.2) is 77.9 Å². The zero-order valence-electron chi connectivity index (χ0n) is 19.8. The van der Waals surface area contributed by atoms with Crippen LogP contribution in [0.1, 0.15) is 37.5 Å². The van der Waals surface area contributed by atoms with Crippen molar-refractivity contribution in [3.05, 3.63) is 94.3 Å². The molecular weight excluding hydrogens is 444 g/mol. The van der Waals surface area contributed by atoms with Crippen molar-refractivity contribution in [3.8, 4) is 22.9 Å². The summed E-state index contributed by atoms with van der Waals surface area (Å²) in [7, 11) is 1.62. The fourth-order valence-electron chi connectivity index (χ4n) is 3.45. The Balaban J connectivity index is 1.55. The number of aromatic amines is 1. The van der Waals surface area contributed by atoms with E-state index in [1.807, 2.05) is 60.7 Å². The SMILES string of the molecule is COc1cc(/C=N\n2c(-c3ccc(C(C)(C)C)cc3)n[nH]c2=S)ccc1OCc1ccccc1. The molecule has 0 aliphatic rings. The minimum absolute atomic E-state index is 0.0808.